The fourth-order valence-corrected chi connectivity index (χ4v) is 1.57. The number of methoxy groups -OCH3 is 1. The van der Waals surface area contributed by atoms with E-state index in [1.165, 1.54) is 18.9 Å². The molecule has 0 fully saturated rings. The van der Waals surface area contributed by atoms with Crippen LogP contribution in [-0.4, -0.2) is 33.1 Å². The molecule has 1 aromatic rings. The predicted molar refractivity (Wildman–Crippen MR) is 48.3 cm³/mol. The van der Waals surface area contributed by atoms with Crippen molar-refractivity contribution in [3.63, 3.8) is 0 Å². The summed E-state index contributed by atoms with van der Waals surface area (Å²) < 4.78 is 6.34. The van der Waals surface area contributed by atoms with Crippen LogP contribution in [0, 0.1) is 0 Å². The van der Waals surface area contributed by atoms with Crippen molar-refractivity contribution in [2.45, 2.75) is 17.3 Å². The lowest BCUT2D eigenvalue weighted by Gasteiger charge is -2.06. The summed E-state index contributed by atoms with van der Waals surface area (Å²) in [5.74, 6) is -0.256. The number of nitrogens with zero attached hydrogens (tertiary/aromatic N) is 3. The van der Waals surface area contributed by atoms with Crippen LogP contribution in [-0.2, 0) is 16.6 Å². The smallest absolute Gasteiger partial charge is 0.318 e. The summed E-state index contributed by atoms with van der Waals surface area (Å²) in [5, 5.41) is 7.99. The third-order valence-electron chi connectivity index (χ3n) is 1.49. The zero-order valence-corrected chi connectivity index (χ0v) is 8.54. The Labute approximate surface area is 80.5 Å². The first-order valence-electron chi connectivity index (χ1n) is 3.73. The normalized spacial score (nSPS) is 12.5. The Hall–Kier alpha value is -1.04. The van der Waals surface area contributed by atoms with Crippen LogP contribution in [0.3, 0.4) is 0 Å². The van der Waals surface area contributed by atoms with Crippen molar-refractivity contribution in [2.75, 3.05) is 7.11 Å². The number of thioether (sulfide) groups is 1. The second kappa shape index (κ2) is 4.27. The number of hydrogen-bond acceptors (Lipinski definition) is 5. The molecule has 0 aliphatic heterocycles. The Balaban J connectivity index is 2.59. The van der Waals surface area contributed by atoms with Crippen LogP contribution < -0.4 is 0 Å². The van der Waals surface area contributed by atoms with Gasteiger partial charge in [-0.3, -0.25) is 4.79 Å². The number of ether oxygens (including phenoxy) is 1. The number of carbonyl (C=O) groups excluding carboxylic acids is 1. The number of carbonyl (C=O) groups is 1. The molecule has 5 nitrogen and oxygen atoms in total. The Bertz CT molecular complexity index is 300. The second-order valence-electron chi connectivity index (χ2n) is 2.51. The summed E-state index contributed by atoms with van der Waals surface area (Å²) in [5.41, 5.74) is 0. The van der Waals surface area contributed by atoms with Gasteiger partial charge >= 0.3 is 5.97 Å². The number of hydrogen-bond donors (Lipinski definition) is 0. The van der Waals surface area contributed by atoms with E-state index >= 15 is 0 Å². The molecule has 0 N–H and O–H groups in total. The summed E-state index contributed by atoms with van der Waals surface area (Å²) in [7, 11) is 3.20. The van der Waals surface area contributed by atoms with Crippen LogP contribution in [0.4, 0.5) is 0 Å². The average Bonchev–Trinajstić information content (AvgIpc) is 2.50. The highest BCUT2D eigenvalue weighted by molar-refractivity contribution is 8.00. The Morgan fingerprint density at radius 3 is 2.92 bits per heavy atom. The lowest BCUT2D eigenvalue weighted by Crippen LogP contribution is -2.15. The second-order valence-corrected chi connectivity index (χ2v) is 3.82. The quantitative estimate of drug-likeness (QED) is 0.525. The van der Waals surface area contributed by atoms with Crippen molar-refractivity contribution in [3.8, 4) is 0 Å². The van der Waals surface area contributed by atoms with Gasteiger partial charge < -0.3 is 9.30 Å². The molecule has 0 spiro atoms. The molecule has 0 saturated heterocycles. The minimum absolute atomic E-state index is 0.256. The van der Waals surface area contributed by atoms with Gasteiger partial charge in [0.2, 0.25) is 0 Å². The molecule has 72 valence electrons. The van der Waals surface area contributed by atoms with Crippen molar-refractivity contribution in [2.24, 2.45) is 7.05 Å². The molecule has 1 aromatic heterocycles. The molecule has 0 aromatic carbocycles. The fourth-order valence-electron chi connectivity index (χ4n) is 0.751. The van der Waals surface area contributed by atoms with Crippen molar-refractivity contribution in [3.05, 3.63) is 6.33 Å². The molecule has 1 atom stereocenters. The maximum absolute atomic E-state index is 11.0. The van der Waals surface area contributed by atoms with Crippen molar-refractivity contribution < 1.29 is 9.53 Å². The number of aryl methyl sites for hydroxylation is 1. The number of rotatable bonds is 3. The van der Waals surface area contributed by atoms with Gasteiger partial charge in [0.15, 0.2) is 5.16 Å². The van der Waals surface area contributed by atoms with Crippen molar-refractivity contribution in [1.29, 1.82) is 0 Å². The molecule has 6 heteroatoms. The van der Waals surface area contributed by atoms with Crippen LogP contribution in [0.1, 0.15) is 6.92 Å². The van der Waals surface area contributed by atoms with Gasteiger partial charge in [0.05, 0.1) is 7.11 Å². The van der Waals surface area contributed by atoms with Crippen LogP contribution >= 0.6 is 11.8 Å². The molecular weight excluding hydrogens is 190 g/mol. The van der Waals surface area contributed by atoms with Gasteiger partial charge in [0, 0.05) is 7.05 Å². The van der Waals surface area contributed by atoms with E-state index in [9.17, 15) is 4.79 Å². The highest BCUT2D eigenvalue weighted by atomic mass is 32.2. The minimum Gasteiger partial charge on any atom is -0.468 e. The molecule has 0 bridgehead atoms. The minimum atomic E-state index is -0.257. The largest absolute Gasteiger partial charge is 0.468 e. The van der Waals surface area contributed by atoms with E-state index in [1.807, 2.05) is 7.05 Å². The summed E-state index contributed by atoms with van der Waals surface area (Å²) in [6.07, 6.45) is 1.59. The molecule has 0 radical (unpaired) electrons. The standard InChI is InChI=1S/C7H11N3O2S/c1-5(6(11)12-3)13-7-9-8-4-10(7)2/h4-5H,1-3H3/t5-/m1/s1. The van der Waals surface area contributed by atoms with E-state index in [1.54, 1.807) is 17.8 Å². The van der Waals surface area contributed by atoms with Gasteiger partial charge in [0.1, 0.15) is 11.6 Å². The SMILES string of the molecule is COC(=O)[C@@H](C)Sc1nncn1C. The zero-order chi connectivity index (χ0) is 9.84. The van der Waals surface area contributed by atoms with Gasteiger partial charge in [-0.1, -0.05) is 11.8 Å². The van der Waals surface area contributed by atoms with E-state index in [2.05, 4.69) is 14.9 Å². The molecule has 0 unspecified atom stereocenters. The zero-order valence-electron chi connectivity index (χ0n) is 7.72. The average molecular weight is 201 g/mol. The van der Waals surface area contributed by atoms with Crippen LogP contribution in [0.5, 0.6) is 0 Å². The Kier molecular flexibility index (Phi) is 3.30. The van der Waals surface area contributed by atoms with Crippen LogP contribution in [0.25, 0.3) is 0 Å². The summed E-state index contributed by atoms with van der Waals surface area (Å²) in [6.45, 7) is 1.77. The van der Waals surface area contributed by atoms with E-state index in [0.29, 0.717) is 5.16 Å². The predicted octanol–water partition coefficient (Wildman–Crippen LogP) is 0.469. The third-order valence-corrected chi connectivity index (χ3v) is 2.61. The van der Waals surface area contributed by atoms with Crippen molar-refractivity contribution in [1.82, 2.24) is 14.8 Å². The first-order valence-corrected chi connectivity index (χ1v) is 4.61. The van der Waals surface area contributed by atoms with Crippen LogP contribution in [0.15, 0.2) is 11.5 Å². The highest BCUT2D eigenvalue weighted by Gasteiger charge is 2.16. The van der Waals surface area contributed by atoms with Gasteiger partial charge in [-0.05, 0) is 6.92 Å². The van der Waals surface area contributed by atoms with Gasteiger partial charge in [-0.25, -0.2) is 0 Å². The maximum atomic E-state index is 11.0. The molecule has 0 amide bonds. The maximum Gasteiger partial charge on any atom is 0.318 e. The van der Waals surface area contributed by atoms with E-state index < -0.39 is 0 Å². The lowest BCUT2D eigenvalue weighted by molar-refractivity contribution is -0.139. The Morgan fingerprint density at radius 1 is 1.77 bits per heavy atom. The van der Waals surface area contributed by atoms with Crippen molar-refractivity contribution >= 4 is 17.7 Å². The fraction of sp³-hybridized carbons (Fsp3) is 0.571. The summed E-state index contributed by atoms with van der Waals surface area (Å²) >= 11 is 1.32. The topological polar surface area (TPSA) is 57.0 Å². The lowest BCUT2D eigenvalue weighted by atomic mass is 10.5. The van der Waals surface area contributed by atoms with Gasteiger partial charge in [-0.2, -0.15) is 0 Å². The molecule has 0 aliphatic rings. The van der Waals surface area contributed by atoms with E-state index in [4.69, 9.17) is 0 Å². The first kappa shape index (κ1) is 10.0. The van der Waals surface area contributed by atoms with E-state index in [0.717, 1.165) is 0 Å². The number of aromatic nitrogens is 3. The third kappa shape index (κ3) is 2.45. The van der Waals surface area contributed by atoms with Crippen LogP contribution in [0.2, 0.25) is 0 Å². The summed E-state index contributed by atoms with van der Waals surface area (Å²) in [6, 6.07) is 0. The van der Waals surface area contributed by atoms with Gasteiger partial charge in [-0.15, -0.1) is 10.2 Å². The van der Waals surface area contributed by atoms with Gasteiger partial charge in [0.25, 0.3) is 0 Å². The highest BCUT2D eigenvalue weighted by Crippen LogP contribution is 2.20. The molecule has 0 saturated carbocycles. The molecule has 13 heavy (non-hydrogen) atoms. The molecular formula is C7H11N3O2S. The Morgan fingerprint density at radius 2 is 2.46 bits per heavy atom. The molecule has 1 rings (SSSR count). The van der Waals surface area contributed by atoms with E-state index in [-0.39, 0.29) is 11.2 Å². The monoisotopic (exact) mass is 201 g/mol. The first-order chi connectivity index (χ1) is 6.15. The molecule has 1 heterocycles. The summed E-state index contributed by atoms with van der Waals surface area (Å²) in [4.78, 5) is 11.0. The number of esters is 1. The molecule has 0 aliphatic carbocycles.